The van der Waals surface area contributed by atoms with E-state index in [9.17, 15) is 0 Å². The smallest absolute Gasteiger partial charge is 0.140 e. The predicted octanol–water partition coefficient (Wildman–Crippen LogP) is 1.70. The quantitative estimate of drug-likeness (QED) is 0.784. The molecule has 0 unspecified atom stereocenters. The van der Waals surface area contributed by atoms with Gasteiger partial charge in [-0.15, -0.1) is 0 Å². The highest BCUT2D eigenvalue weighted by molar-refractivity contribution is 5.25. The van der Waals surface area contributed by atoms with Crippen LogP contribution in [0.1, 0.15) is 25.1 Å². The highest BCUT2D eigenvalue weighted by atomic mass is 14.9. The standard InChI is InChI=1S/C11H15N3/c1-9(2)7-13-8-10-3-4-14-11(5-10)6-12/h3-5,9,13H,7-8H2,1-2H3. The molecule has 1 aromatic rings. The Balaban J connectivity index is 2.47. The summed E-state index contributed by atoms with van der Waals surface area (Å²) >= 11 is 0. The van der Waals surface area contributed by atoms with Crippen LogP contribution in [0.3, 0.4) is 0 Å². The second-order valence-corrected chi connectivity index (χ2v) is 3.69. The van der Waals surface area contributed by atoms with E-state index in [-0.39, 0.29) is 0 Å². The van der Waals surface area contributed by atoms with Crippen molar-refractivity contribution in [3.8, 4) is 6.07 Å². The first-order chi connectivity index (χ1) is 6.72. The average molecular weight is 189 g/mol. The van der Waals surface area contributed by atoms with Crippen molar-refractivity contribution in [2.75, 3.05) is 6.54 Å². The van der Waals surface area contributed by atoms with Gasteiger partial charge in [-0.1, -0.05) is 13.8 Å². The summed E-state index contributed by atoms with van der Waals surface area (Å²) in [4.78, 5) is 3.91. The highest BCUT2D eigenvalue weighted by Crippen LogP contribution is 2.00. The van der Waals surface area contributed by atoms with Crippen molar-refractivity contribution in [3.63, 3.8) is 0 Å². The number of rotatable bonds is 4. The van der Waals surface area contributed by atoms with Crippen molar-refractivity contribution in [2.24, 2.45) is 5.92 Å². The summed E-state index contributed by atoms with van der Waals surface area (Å²) in [5, 5.41) is 12.0. The van der Waals surface area contributed by atoms with Crippen LogP contribution in [-0.2, 0) is 6.54 Å². The Morgan fingerprint density at radius 3 is 3.00 bits per heavy atom. The van der Waals surface area contributed by atoms with Crippen LogP contribution in [0.4, 0.5) is 0 Å². The summed E-state index contributed by atoms with van der Waals surface area (Å²) in [7, 11) is 0. The third-order valence-electron chi connectivity index (χ3n) is 1.82. The average Bonchev–Trinajstić information content (AvgIpc) is 2.18. The molecule has 0 spiro atoms. The van der Waals surface area contributed by atoms with Gasteiger partial charge in [0.05, 0.1) is 0 Å². The fourth-order valence-corrected chi connectivity index (χ4v) is 1.15. The summed E-state index contributed by atoms with van der Waals surface area (Å²) in [5.74, 6) is 0.646. The molecule has 1 heterocycles. The Bertz CT molecular complexity index is 326. The van der Waals surface area contributed by atoms with E-state index in [1.165, 1.54) is 0 Å². The second kappa shape index (κ2) is 5.36. The zero-order valence-corrected chi connectivity index (χ0v) is 8.62. The van der Waals surface area contributed by atoms with Gasteiger partial charge in [0.15, 0.2) is 0 Å². The Kier molecular flexibility index (Phi) is 4.09. The summed E-state index contributed by atoms with van der Waals surface area (Å²) in [5.41, 5.74) is 1.59. The number of nitriles is 1. The van der Waals surface area contributed by atoms with Gasteiger partial charge in [0.2, 0.25) is 0 Å². The maximum Gasteiger partial charge on any atom is 0.140 e. The molecule has 1 rings (SSSR count). The van der Waals surface area contributed by atoms with Gasteiger partial charge in [0, 0.05) is 12.7 Å². The van der Waals surface area contributed by atoms with Crippen molar-refractivity contribution in [2.45, 2.75) is 20.4 Å². The predicted molar refractivity (Wildman–Crippen MR) is 55.5 cm³/mol. The number of hydrogen-bond acceptors (Lipinski definition) is 3. The van der Waals surface area contributed by atoms with Gasteiger partial charge in [-0.2, -0.15) is 5.26 Å². The summed E-state index contributed by atoms with van der Waals surface area (Å²) < 4.78 is 0. The van der Waals surface area contributed by atoms with Crippen LogP contribution in [-0.4, -0.2) is 11.5 Å². The Morgan fingerprint density at radius 1 is 1.57 bits per heavy atom. The SMILES string of the molecule is CC(C)CNCc1ccnc(C#N)c1. The second-order valence-electron chi connectivity index (χ2n) is 3.69. The van der Waals surface area contributed by atoms with Crippen molar-refractivity contribution in [3.05, 3.63) is 29.6 Å². The maximum atomic E-state index is 8.64. The summed E-state index contributed by atoms with van der Waals surface area (Å²) in [6.45, 7) is 6.13. The van der Waals surface area contributed by atoms with Gasteiger partial charge in [-0.25, -0.2) is 4.98 Å². The van der Waals surface area contributed by atoms with Crippen LogP contribution in [0.15, 0.2) is 18.3 Å². The molecule has 0 aliphatic heterocycles. The van der Waals surface area contributed by atoms with Crippen LogP contribution in [0.2, 0.25) is 0 Å². The maximum absolute atomic E-state index is 8.64. The molecule has 0 atom stereocenters. The minimum absolute atomic E-state index is 0.480. The van der Waals surface area contributed by atoms with E-state index in [0.717, 1.165) is 18.7 Å². The monoisotopic (exact) mass is 189 g/mol. The fraction of sp³-hybridized carbons (Fsp3) is 0.455. The molecule has 0 saturated heterocycles. The Labute approximate surface area is 84.8 Å². The minimum Gasteiger partial charge on any atom is -0.312 e. The van der Waals surface area contributed by atoms with E-state index >= 15 is 0 Å². The molecule has 0 amide bonds. The minimum atomic E-state index is 0.480. The van der Waals surface area contributed by atoms with E-state index in [4.69, 9.17) is 5.26 Å². The third kappa shape index (κ3) is 3.55. The van der Waals surface area contributed by atoms with Crippen molar-refractivity contribution in [1.29, 1.82) is 5.26 Å². The van der Waals surface area contributed by atoms with Gasteiger partial charge in [0.25, 0.3) is 0 Å². The zero-order valence-electron chi connectivity index (χ0n) is 8.62. The Hall–Kier alpha value is -1.40. The first kappa shape index (κ1) is 10.7. The zero-order chi connectivity index (χ0) is 10.4. The van der Waals surface area contributed by atoms with E-state index in [2.05, 4.69) is 24.1 Å². The van der Waals surface area contributed by atoms with E-state index < -0.39 is 0 Å². The number of aromatic nitrogens is 1. The van der Waals surface area contributed by atoms with Crippen molar-refractivity contribution < 1.29 is 0 Å². The largest absolute Gasteiger partial charge is 0.312 e. The normalized spacial score (nSPS) is 10.1. The van der Waals surface area contributed by atoms with Crippen LogP contribution in [0, 0.1) is 17.2 Å². The van der Waals surface area contributed by atoms with Crippen LogP contribution < -0.4 is 5.32 Å². The van der Waals surface area contributed by atoms with Crippen LogP contribution in [0.25, 0.3) is 0 Å². The highest BCUT2D eigenvalue weighted by Gasteiger charge is 1.97. The summed E-state index contributed by atoms with van der Waals surface area (Å²) in [6.07, 6.45) is 1.67. The number of pyridine rings is 1. The summed E-state index contributed by atoms with van der Waals surface area (Å²) in [6, 6.07) is 5.77. The third-order valence-corrected chi connectivity index (χ3v) is 1.82. The topological polar surface area (TPSA) is 48.7 Å². The molecule has 3 heteroatoms. The molecule has 74 valence electrons. The molecular formula is C11H15N3. The molecule has 0 aliphatic carbocycles. The van der Waals surface area contributed by atoms with E-state index in [1.54, 1.807) is 6.20 Å². The first-order valence-electron chi connectivity index (χ1n) is 4.78. The van der Waals surface area contributed by atoms with Gasteiger partial charge in [-0.05, 0) is 30.2 Å². The molecule has 0 bridgehead atoms. The molecule has 0 aromatic carbocycles. The number of nitrogens with zero attached hydrogens (tertiary/aromatic N) is 2. The van der Waals surface area contributed by atoms with Gasteiger partial charge in [-0.3, -0.25) is 0 Å². The van der Waals surface area contributed by atoms with Gasteiger partial charge >= 0.3 is 0 Å². The van der Waals surface area contributed by atoms with Crippen molar-refractivity contribution in [1.82, 2.24) is 10.3 Å². The lowest BCUT2D eigenvalue weighted by molar-refractivity contribution is 0.552. The molecule has 3 nitrogen and oxygen atoms in total. The van der Waals surface area contributed by atoms with Crippen molar-refractivity contribution >= 4 is 0 Å². The first-order valence-corrected chi connectivity index (χ1v) is 4.78. The van der Waals surface area contributed by atoms with Crippen LogP contribution >= 0.6 is 0 Å². The molecular weight excluding hydrogens is 174 g/mol. The molecule has 1 aromatic heterocycles. The molecule has 0 radical (unpaired) electrons. The van der Waals surface area contributed by atoms with Crippen LogP contribution in [0.5, 0.6) is 0 Å². The van der Waals surface area contributed by atoms with E-state index in [1.807, 2.05) is 18.2 Å². The molecule has 0 fully saturated rings. The van der Waals surface area contributed by atoms with Gasteiger partial charge < -0.3 is 5.32 Å². The molecule has 1 N–H and O–H groups in total. The Morgan fingerprint density at radius 2 is 2.36 bits per heavy atom. The lowest BCUT2D eigenvalue weighted by Crippen LogP contribution is -2.18. The molecule has 0 saturated carbocycles. The molecule has 0 aliphatic rings. The number of hydrogen-bond donors (Lipinski definition) is 1. The fourth-order valence-electron chi connectivity index (χ4n) is 1.15. The lowest BCUT2D eigenvalue weighted by Gasteiger charge is -2.06. The van der Waals surface area contributed by atoms with E-state index in [0.29, 0.717) is 11.6 Å². The van der Waals surface area contributed by atoms with Gasteiger partial charge in [0.1, 0.15) is 11.8 Å². The number of nitrogens with one attached hydrogen (secondary N) is 1. The molecule has 14 heavy (non-hydrogen) atoms. The lowest BCUT2D eigenvalue weighted by atomic mass is 10.2.